The molecule has 3 aromatic rings. The largest absolute Gasteiger partial charge is 0.495 e. The van der Waals surface area contributed by atoms with Crippen LogP contribution in [0.2, 0.25) is 0 Å². The standard InChI is InChI=1S/C27H33FN8O2/c1-15(2)36-9-5-17(6-10-36)31-25(37)18-11-21(38-4)20(12-19(18)28)32-26-33-23-22(16(13-29)14-30-23)24(34-26)35-27(3)7-8-27/h11-12,14-15,17H,5-10H2,1-4H3,(H,31,37)(H3,30,32,33,34,35). The minimum atomic E-state index is -0.679. The van der Waals surface area contributed by atoms with Gasteiger partial charge < -0.3 is 30.6 Å². The molecular weight excluding hydrogens is 487 g/mol. The topological polar surface area (TPSA) is 131 Å². The van der Waals surface area contributed by atoms with Gasteiger partial charge in [-0.15, -0.1) is 0 Å². The Labute approximate surface area is 221 Å². The zero-order chi connectivity index (χ0) is 27.0. The molecule has 1 aliphatic carbocycles. The van der Waals surface area contributed by atoms with E-state index >= 15 is 4.39 Å². The van der Waals surface area contributed by atoms with E-state index in [9.17, 15) is 10.1 Å². The van der Waals surface area contributed by atoms with Gasteiger partial charge in [0.15, 0.2) is 0 Å². The minimum Gasteiger partial charge on any atom is -0.495 e. The first-order valence-corrected chi connectivity index (χ1v) is 13.0. The number of likely N-dealkylation sites (tertiary alicyclic amines) is 1. The summed E-state index contributed by atoms with van der Waals surface area (Å²) in [6.45, 7) is 8.20. The average molecular weight is 521 g/mol. The second-order valence-electron chi connectivity index (χ2n) is 10.7. The Morgan fingerprint density at radius 1 is 1.29 bits per heavy atom. The fourth-order valence-electron chi connectivity index (χ4n) is 4.80. The zero-order valence-corrected chi connectivity index (χ0v) is 22.1. The number of amides is 1. The van der Waals surface area contributed by atoms with Gasteiger partial charge in [-0.1, -0.05) is 0 Å². The molecule has 1 aliphatic heterocycles. The van der Waals surface area contributed by atoms with Crippen molar-refractivity contribution in [1.29, 1.82) is 5.26 Å². The quantitative estimate of drug-likeness (QED) is 0.346. The maximum absolute atomic E-state index is 15.2. The van der Waals surface area contributed by atoms with Gasteiger partial charge in [0.2, 0.25) is 5.95 Å². The number of hydrogen-bond acceptors (Lipinski definition) is 8. The molecule has 1 saturated heterocycles. The number of fused-ring (bicyclic) bond motifs is 1. The summed E-state index contributed by atoms with van der Waals surface area (Å²) in [6.07, 6.45) is 5.22. The molecule has 1 saturated carbocycles. The number of benzene rings is 1. The van der Waals surface area contributed by atoms with Gasteiger partial charge in [0.05, 0.1) is 29.3 Å². The highest BCUT2D eigenvalue weighted by atomic mass is 19.1. The van der Waals surface area contributed by atoms with Crippen LogP contribution in [0.3, 0.4) is 0 Å². The third-order valence-corrected chi connectivity index (χ3v) is 7.45. The second kappa shape index (κ2) is 10.1. The van der Waals surface area contributed by atoms with E-state index in [1.165, 1.54) is 19.2 Å². The molecule has 5 rings (SSSR count). The number of aromatic amines is 1. The summed E-state index contributed by atoms with van der Waals surface area (Å²) in [7, 11) is 1.46. The lowest BCUT2D eigenvalue weighted by molar-refractivity contribution is 0.0896. The molecule has 11 heteroatoms. The van der Waals surface area contributed by atoms with Crippen molar-refractivity contribution < 1.29 is 13.9 Å². The minimum absolute atomic E-state index is 0.000770. The molecule has 0 atom stereocenters. The van der Waals surface area contributed by atoms with Crippen molar-refractivity contribution in [3.63, 3.8) is 0 Å². The van der Waals surface area contributed by atoms with Crippen LogP contribution in [0.15, 0.2) is 18.3 Å². The van der Waals surface area contributed by atoms with E-state index in [1.807, 2.05) is 0 Å². The van der Waals surface area contributed by atoms with Crippen molar-refractivity contribution >= 4 is 34.4 Å². The Kier molecular flexibility index (Phi) is 6.84. The third kappa shape index (κ3) is 5.22. The summed E-state index contributed by atoms with van der Waals surface area (Å²) in [5.41, 5.74) is 1.02. The number of carbonyl (C=O) groups is 1. The summed E-state index contributed by atoms with van der Waals surface area (Å²) in [4.78, 5) is 27.4. The monoisotopic (exact) mass is 520 g/mol. The highest BCUT2D eigenvalue weighted by Gasteiger charge is 2.38. The highest BCUT2D eigenvalue weighted by Crippen LogP contribution is 2.40. The van der Waals surface area contributed by atoms with Crippen LogP contribution in [-0.4, -0.2) is 63.6 Å². The predicted molar refractivity (Wildman–Crippen MR) is 143 cm³/mol. The third-order valence-electron chi connectivity index (χ3n) is 7.45. The van der Waals surface area contributed by atoms with Crippen LogP contribution < -0.4 is 20.7 Å². The average Bonchev–Trinajstić information content (AvgIpc) is 3.46. The molecule has 1 aromatic carbocycles. The van der Waals surface area contributed by atoms with Gasteiger partial charge in [-0.2, -0.15) is 15.2 Å². The van der Waals surface area contributed by atoms with Gasteiger partial charge in [-0.3, -0.25) is 4.79 Å². The highest BCUT2D eigenvalue weighted by molar-refractivity contribution is 5.96. The molecule has 0 bridgehead atoms. The van der Waals surface area contributed by atoms with Crippen molar-refractivity contribution in [3.8, 4) is 11.8 Å². The summed E-state index contributed by atoms with van der Waals surface area (Å²) in [5, 5.41) is 19.5. The molecule has 38 heavy (non-hydrogen) atoms. The van der Waals surface area contributed by atoms with Gasteiger partial charge >= 0.3 is 0 Å². The number of carbonyl (C=O) groups excluding carboxylic acids is 1. The lowest BCUT2D eigenvalue weighted by Crippen LogP contribution is -2.46. The van der Waals surface area contributed by atoms with E-state index in [0.29, 0.717) is 28.5 Å². The van der Waals surface area contributed by atoms with Gasteiger partial charge in [0.1, 0.15) is 29.1 Å². The molecule has 0 radical (unpaired) electrons. The van der Waals surface area contributed by atoms with Crippen molar-refractivity contribution in [3.05, 3.63) is 35.3 Å². The number of nitrogens with zero attached hydrogens (tertiary/aromatic N) is 4. The summed E-state index contributed by atoms with van der Waals surface area (Å²) >= 11 is 0. The van der Waals surface area contributed by atoms with Crippen LogP contribution in [0.4, 0.5) is 21.8 Å². The second-order valence-corrected chi connectivity index (χ2v) is 10.7. The lowest BCUT2D eigenvalue weighted by atomic mass is 10.0. The fourth-order valence-corrected chi connectivity index (χ4v) is 4.80. The Morgan fingerprint density at radius 3 is 2.66 bits per heavy atom. The van der Waals surface area contributed by atoms with E-state index in [4.69, 9.17) is 4.74 Å². The lowest BCUT2D eigenvalue weighted by Gasteiger charge is -2.34. The number of anilines is 3. The molecule has 4 N–H and O–H groups in total. The summed E-state index contributed by atoms with van der Waals surface area (Å²) in [6, 6.07) is 5.23. The number of hydrogen-bond donors (Lipinski definition) is 4. The number of methoxy groups -OCH3 is 1. The summed E-state index contributed by atoms with van der Waals surface area (Å²) in [5.74, 6) is -0.144. The van der Waals surface area contributed by atoms with E-state index < -0.39 is 11.7 Å². The SMILES string of the molecule is COc1cc(C(=O)NC2CCN(C(C)C)CC2)c(F)cc1Nc1nc(NC2(C)CC2)c2c(C#N)c[nH]c2n1. The number of aromatic nitrogens is 3. The first kappa shape index (κ1) is 25.7. The van der Waals surface area contributed by atoms with Crippen LogP contribution in [0, 0.1) is 17.1 Å². The number of H-pyrrole nitrogens is 1. The van der Waals surface area contributed by atoms with Crippen LogP contribution in [0.5, 0.6) is 5.75 Å². The molecule has 0 unspecified atom stereocenters. The summed E-state index contributed by atoms with van der Waals surface area (Å²) < 4.78 is 20.7. The van der Waals surface area contributed by atoms with Gasteiger partial charge in [-0.25, -0.2) is 4.39 Å². The Morgan fingerprint density at radius 2 is 2.03 bits per heavy atom. The number of nitriles is 1. The maximum atomic E-state index is 15.2. The molecule has 1 amide bonds. The molecule has 3 heterocycles. The molecule has 2 fully saturated rings. The molecular formula is C27H33FN8O2. The van der Waals surface area contributed by atoms with Crippen molar-refractivity contribution in [2.24, 2.45) is 0 Å². The van der Waals surface area contributed by atoms with E-state index in [1.54, 1.807) is 6.20 Å². The van der Waals surface area contributed by atoms with Crippen LogP contribution >= 0.6 is 0 Å². The number of piperidine rings is 1. The van der Waals surface area contributed by atoms with Crippen molar-refractivity contribution in [1.82, 2.24) is 25.2 Å². The van der Waals surface area contributed by atoms with E-state index in [2.05, 4.69) is 62.6 Å². The van der Waals surface area contributed by atoms with Crippen molar-refractivity contribution in [2.45, 2.75) is 64.1 Å². The Hall–Kier alpha value is -3.91. The van der Waals surface area contributed by atoms with Crippen LogP contribution in [0.25, 0.3) is 11.0 Å². The van der Waals surface area contributed by atoms with E-state index in [0.717, 1.165) is 38.8 Å². The first-order chi connectivity index (χ1) is 18.2. The number of halogens is 1. The predicted octanol–water partition coefficient (Wildman–Crippen LogP) is 4.29. The van der Waals surface area contributed by atoms with Gasteiger partial charge in [0.25, 0.3) is 5.91 Å². The normalized spacial score (nSPS) is 17.3. The first-order valence-electron chi connectivity index (χ1n) is 13.0. The van der Waals surface area contributed by atoms with E-state index in [-0.39, 0.29) is 34.5 Å². The smallest absolute Gasteiger partial charge is 0.254 e. The van der Waals surface area contributed by atoms with Crippen LogP contribution in [0.1, 0.15) is 62.4 Å². The fraction of sp³-hybridized carbons (Fsp3) is 0.481. The van der Waals surface area contributed by atoms with Gasteiger partial charge in [-0.05, 0) is 52.5 Å². The molecule has 2 aliphatic rings. The Bertz CT molecular complexity index is 1400. The molecule has 200 valence electrons. The number of ether oxygens (including phenoxy) is 1. The van der Waals surface area contributed by atoms with Crippen molar-refractivity contribution in [2.75, 3.05) is 30.8 Å². The number of nitrogens with one attached hydrogen (secondary N) is 4. The molecule has 10 nitrogen and oxygen atoms in total. The molecule has 0 spiro atoms. The van der Waals surface area contributed by atoms with Crippen LogP contribution in [-0.2, 0) is 0 Å². The number of rotatable bonds is 8. The maximum Gasteiger partial charge on any atom is 0.254 e. The zero-order valence-electron chi connectivity index (χ0n) is 22.1. The molecule has 2 aromatic heterocycles. The Balaban J connectivity index is 1.37. The van der Waals surface area contributed by atoms with Gasteiger partial charge in [0, 0.05) is 43.0 Å².